The number of benzene rings is 2. The maximum atomic E-state index is 14.7. The van der Waals surface area contributed by atoms with Crippen LogP contribution in [0.4, 0.5) is 20.4 Å². The van der Waals surface area contributed by atoms with E-state index < -0.39 is 11.6 Å². The summed E-state index contributed by atoms with van der Waals surface area (Å²) in [5, 5.41) is 2.85. The lowest BCUT2D eigenvalue weighted by Crippen LogP contribution is -2.22. The molecule has 0 saturated heterocycles. The Morgan fingerprint density at radius 2 is 1.72 bits per heavy atom. The lowest BCUT2D eigenvalue weighted by molar-refractivity contribution is 0.408. The summed E-state index contributed by atoms with van der Waals surface area (Å²) in [6, 6.07) is 18.1. The molecule has 1 aliphatic carbocycles. The maximum absolute atomic E-state index is 14.7. The van der Waals surface area contributed by atoms with E-state index in [2.05, 4.69) is 25.0 Å². The van der Waals surface area contributed by atoms with Crippen molar-refractivity contribution < 1.29 is 13.5 Å². The zero-order valence-corrected chi connectivity index (χ0v) is 22.6. The van der Waals surface area contributed by atoms with Gasteiger partial charge in [0.15, 0.2) is 11.6 Å². The molecular formula is C29H32F2N6OS. The number of pyridine rings is 1. The third kappa shape index (κ3) is 8.11. The number of halogens is 2. The highest BCUT2D eigenvalue weighted by atomic mass is 32.2. The summed E-state index contributed by atoms with van der Waals surface area (Å²) in [5.74, 6) is -1.29. The van der Waals surface area contributed by atoms with E-state index >= 15 is 0 Å². The minimum absolute atomic E-state index is 0.0338. The summed E-state index contributed by atoms with van der Waals surface area (Å²) in [6.45, 7) is 0. The molecule has 0 unspecified atom stereocenters. The topological polar surface area (TPSA) is 98.0 Å². The van der Waals surface area contributed by atoms with Gasteiger partial charge in [-0.3, -0.25) is 0 Å². The standard InChI is InChI=1S/C23H19F2N5OS.C6H13N/c1-26-23-28-13-11-17(29-23)16-8-5-12-27-22(16)31-19-10-9-18(20(24)21(19)25)30-32-14-15-6-3-2-4-7-15;7-6-4-2-1-3-5-6/h2-13,30H,14H2,1H3,(H,26,28,29);6H,1-5,7H2. The molecule has 1 aliphatic rings. The Bertz CT molecular complexity index is 1340. The molecule has 0 spiro atoms. The van der Waals surface area contributed by atoms with E-state index in [-0.39, 0.29) is 17.3 Å². The minimum atomic E-state index is -1.11. The van der Waals surface area contributed by atoms with Crippen molar-refractivity contribution in [3.8, 4) is 22.9 Å². The molecule has 2 aromatic carbocycles. The number of nitrogens with one attached hydrogen (secondary N) is 2. The second-order valence-corrected chi connectivity index (χ2v) is 9.77. The molecule has 0 amide bonds. The number of ether oxygens (including phenoxy) is 1. The van der Waals surface area contributed by atoms with Crippen LogP contribution in [-0.4, -0.2) is 28.0 Å². The van der Waals surface area contributed by atoms with E-state index in [4.69, 9.17) is 10.5 Å². The lowest BCUT2D eigenvalue weighted by Gasteiger charge is -2.15. The molecule has 2 aromatic heterocycles. The number of hydrogen-bond donors (Lipinski definition) is 3. The molecule has 1 saturated carbocycles. The van der Waals surface area contributed by atoms with Gasteiger partial charge in [0, 0.05) is 31.2 Å². The molecule has 0 atom stereocenters. The number of rotatable bonds is 8. The van der Waals surface area contributed by atoms with Crippen LogP contribution in [-0.2, 0) is 5.75 Å². The summed E-state index contributed by atoms with van der Waals surface area (Å²) < 4.78 is 37.9. The summed E-state index contributed by atoms with van der Waals surface area (Å²) in [4.78, 5) is 12.6. The predicted molar refractivity (Wildman–Crippen MR) is 154 cm³/mol. The van der Waals surface area contributed by atoms with E-state index in [9.17, 15) is 8.78 Å². The third-order valence-electron chi connectivity index (χ3n) is 6.09. The number of hydrogen-bond acceptors (Lipinski definition) is 8. The largest absolute Gasteiger partial charge is 0.435 e. The number of nitrogens with zero attached hydrogens (tertiary/aromatic N) is 3. The van der Waals surface area contributed by atoms with Crippen LogP contribution in [0.5, 0.6) is 11.6 Å². The normalized spacial score (nSPS) is 13.2. The molecule has 4 aromatic rings. The third-order valence-corrected chi connectivity index (χ3v) is 6.94. The molecule has 4 N–H and O–H groups in total. The molecule has 0 radical (unpaired) electrons. The van der Waals surface area contributed by atoms with Gasteiger partial charge in [-0.1, -0.05) is 49.6 Å². The highest BCUT2D eigenvalue weighted by Crippen LogP contribution is 2.34. The second-order valence-electron chi connectivity index (χ2n) is 8.99. The lowest BCUT2D eigenvalue weighted by atomic mass is 9.97. The highest BCUT2D eigenvalue weighted by Gasteiger charge is 2.18. The van der Waals surface area contributed by atoms with E-state index in [1.165, 1.54) is 62.4 Å². The van der Waals surface area contributed by atoms with Crippen molar-refractivity contribution in [3.63, 3.8) is 0 Å². The first-order valence-corrected chi connectivity index (χ1v) is 13.8. The van der Waals surface area contributed by atoms with E-state index in [1.807, 2.05) is 30.3 Å². The molecule has 7 nitrogen and oxygen atoms in total. The van der Waals surface area contributed by atoms with Crippen molar-refractivity contribution in [2.45, 2.75) is 43.9 Å². The minimum Gasteiger partial charge on any atom is -0.435 e. The molecule has 0 bridgehead atoms. The second kappa shape index (κ2) is 14.4. The quantitative estimate of drug-likeness (QED) is 0.198. The fraction of sp³-hybridized carbons (Fsp3) is 0.276. The number of aromatic nitrogens is 3. The zero-order chi connectivity index (χ0) is 27.5. The molecule has 39 heavy (non-hydrogen) atoms. The average molecular weight is 551 g/mol. The van der Waals surface area contributed by atoms with Gasteiger partial charge in [-0.15, -0.1) is 0 Å². The SMILES string of the molecule is CNc1nccc(-c2cccnc2Oc2ccc(NSCc3ccccc3)c(F)c2F)n1.NC1CCCCC1. The first kappa shape index (κ1) is 28.3. The van der Waals surface area contributed by atoms with Crippen LogP contribution < -0.4 is 20.5 Å². The van der Waals surface area contributed by atoms with Gasteiger partial charge in [0.05, 0.1) is 16.9 Å². The first-order chi connectivity index (χ1) is 19.0. The van der Waals surface area contributed by atoms with Crippen molar-refractivity contribution >= 4 is 23.6 Å². The molecule has 10 heteroatoms. The Morgan fingerprint density at radius 3 is 2.44 bits per heavy atom. The van der Waals surface area contributed by atoms with Crippen LogP contribution in [0, 0.1) is 11.6 Å². The monoisotopic (exact) mass is 550 g/mol. The van der Waals surface area contributed by atoms with Crippen LogP contribution in [0.3, 0.4) is 0 Å². The fourth-order valence-electron chi connectivity index (χ4n) is 4.00. The van der Waals surface area contributed by atoms with Gasteiger partial charge in [0.1, 0.15) is 0 Å². The van der Waals surface area contributed by atoms with Gasteiger partial charge in [-0.2, -0.15) is 4.39 Å². The number of anilines is 2. The molecule has 1 fully saturated rings. The Labute approximate surface area is 231 Å². The zero-order valence-electron chi connectivity index (χ0n) is 21.7. The maximum Gasteiger partial charge on any atom is 0.228 e. The van der Waals surface area contributed by atoms with Crippen molar-refractivity contribution in [1.82, 2.24) is 15.0 Å². The molecule has 2 heterocycles. The van der Waals surface area contributed by atoms with Crippen molar-refractivity contribution in [2.75, 3.05) is 17.1 Å². The van der Waals surface area contributed by atoms with Gasteiger partial charge >= 0.3 is 0 Å². The molecule has 0 aliphatic heterocycles. The Hall–Kier alpha value is -3.76. The van der Waals surface area contributed by atoms with Gasteiger partial charge in [-0.05, 0) is 60.7 Å². The van der Waals surface area contributed by atoms with Crippen LogP contribution in [0.25, 0.3) is 11.3 Å². The molecule has 5 rings (SSSR count). The van der Waals surface area contributed by atoms with Crippen LogP contribution in [0.1, 0.15) is 37.7 Å². The first-order valence-electron chi connectivity index (χ1n) is 12.8. The Kier molecular flexibility index (Phi) is 10.4. The predicted octanol–water partition coefficient (Wildman–Crippen LogP) is 7.19. The van der Waals surface area contributed by atoms with E-state index in [1.54, 1.807) is 31.4 Å². The highest BCUT2D eigenvalue weighted by molar-refractivity contribution is 7.99. The average Bonchev–Trinajstić information content (AvgIpc) is 2.98. The Balaban J connectivity index is 0.000000438. The van der Waals surface area contributed by atoms with Crippen LogP contribution >= 0.6 is 11.9 Å². The number of nitrogens with two attached hydrogens (primary N) is 1. The smallest absolute Gasteiger partial charge is 0.228 e. The van der Waals surface area contributed by atoms with E-state index in [0.29, 0.717) is 29.0 Å². The van der Waals surface area contributed by atoms with E-state index in [0.717, 1.165) is 5.56 Å². The summed E-state index contributed by atoms with van der Waals surface area (Å²) >= 11 is 1.27. The van der Waals surface area contributed by atoms with Gasteiger partial charge in [0.25, 0.3) is 0 Å². The fourth-order valence-corrected chi connectivity index (χ4v) is 4.74. The van der Waals surface area contributed by atoms with Crippen molar-refractivity contribution in [2.24, 2.45) is 5.73 Å². The van der Waals surface area contributed by atoms with Gasteiger partial charge < -0.3 is 20.5 Å². The molecule has 204 valence electrons. The van der Waals surface area contributed by atoms with Crippen molar-refractivity contribution in [1.29, 1.82) is 0 Å². The van der Waals surface area contributed by atoms with Gasteiger partial charge in [0.2, 0.25) is 17.6 Å². The summed E-state index contributed by atoms with van der Waals surface area (Å²) in [6.07, 6.45) is 9.75. The van der Waals surface area contributed by atoms with Crippen LogP contribution in [0.2, 0.25) is 0 Å². The van der Waals surface area contributed by atoms with Crippen molar-refractivity contribution in [3.05, 3.63) is 90.3 Å². The molecular weight excluding hydrogens is 518 g/mol. The van der Waals surface area contributed by atoms with Gasteiger partial charge in [-0.25, -0.2) is 19.3 Å². The Morgan fingerprint density at radius 1 is 0.923 bits per heavy atom. The summed E-state index contributed by atoms with van der Waals surface area (Å²) in [5.41, 5.74) is 7.79. The van der Waals surface area contributed by atoms with Crippen LogP contribution in [0.15, 0.2) is 73.1 Å². The summed E-state index contributed by atoms with van der Waals surface area (Å²) in [7, 11) is 1.70.